The minimum absolute atomic E-state index is 0.0281. The summed E-state index contributed by atoms with van der Waals surface area (Å²) in [6, 6.07) is -5.66. The van der Waals surface area contributed by atoms with E-state index < -0.39 is 265 Å². The lowest BCUT2D eigenvalue weighted by Crippen LogP contribution is -2.67. The highest BCUT2D eigenvalue weighted by Gasteiger charge is 2.60. The summed E-state index contributed by atoms with van der Waals surface area (Å²) >= 11 is 0. The molecule has 0 aromatic carbocycles. The molecule has 4 saturated heterocycles. The molecule has 38 nitrogen and oxygen atoms in total. The van der Waals surface area contributed by atoms with Gasteiger partial charge in [-0.3, -0.25) is 0 Å². The standard InChI is InChI=1S/C64H118N4O34/c1-11-96-66-46-38(74)24-62(58(86)87,100-54(46)50(81)41(77)27-69)93-19-15-34(14-18-92-61(57(84)85)23-37(73)45(65-10)53(99-61)49(80)33(9)72)36(22-32(8)44(30(4)5)31(6)7)35(16-20-94-63(59(88)89)25-39(75)47(67-97-12-2)55(101-63)51(82)42(78)28-70)17-21-95-64(60(90)91)26-40(76)48(68-98-13-3)56(102-64)52(83)43(79)29-71/h30-56,65-83H,11-29H2,1-10H3,(H,84,85)(H,86,87)(H,88,89)(H,90,91)/i9D. The molecule has 0 spiro atoms. The number of hydroxylamine groups is 3. The van der Waals surface area contributed by atoms with E-state index in [0.29, 0.717) is 0 Å². The van der Waals surface area contributed by atoms with Crippen molar-refractivity contribution in [1.29, 1.82) is 0 Å². The maximum Gasteiger partial charge on any atom is 0.364 e. The van der Waals surface area contributed by atoms with Crippen LogP contribution in [0.3, 0.4) is 0 Å². The van der Waals surface area contributed by atoms with E-state index in [4.69, 9.17) is 53.8 Å². The Kier molecular flexibility index (Phi) is 36.7. The van der Waals surface area contributed by atoms with Crippen molar-refractivity contribution in [3.05, 3.63) is 0 Å². The van der Waals surface area contributed by atoms with E-state index in [1.54, 1.807) is 20.8 Å². The van der Waals surface area contributed by atoms with Crippen molar-refractivity contribution in [2.75, 3.05) is 73.1 Å². The molecule has 0 aromatic heterocycles. The van der Waals surface area contributed by atoms with Crippen LogP contribution < -0.4 is 21.8 Å². The van der Waals surface area contributed by atoms with E-state index >= 15 is 0 Å². The Balaban J connectivity index is 2.06. The fourth-order valence-electron chi connectivity index (χ4n) is 14.8. The third kappa shape index (κ3) is 22.9. The first-order chi connectivity index (χ1) is 48.5. The average Bonchev–Trinajstić information content (AvgIpc) is 0.791. The molecular formula is C64H118N4O34. The molecule has 27 unspecified atom stereocenters. The summed E-state index contributed by atoms with van der Waals surface area (Å²) in [5, 5.41) is 211. The third-order valence-corrected chi connectivity index (χ3v) is 19.9. The number of carbonyl (C=O) groups is 4. The van der Waals surface area contributed by atoms with E-state index in [2.05, 4.69) is 21.8 Å². The lowest BCUT2D eigenvalue weighted by Gasteiger charge is -2.47. The molecule has 102 heavy (non-hydrogen) atoms. The number of likely N-dealkylation sites (N-methyl/N-ethyl adjacent to an activating group) is 1. The Hall–Kier alpha value is -3.32. The number of aliphatic carboxylic acids is 4. The quantitative estimate of drug-likeness (QED) is 0.0253. The molecule has 0 aliphatic carbocycles. The summed E-state index contributed by atoms with van der Waals surface area (Å²) in [6.07, 6.45) is -35.4. The molecule has 23 N–H and O–H groups in total. The van der Waals surface area contributed by atoms with Gasteiger partial charge in [0.15, 0.2) is 0 Å². The summed E-state index contributed by atoms with van der Waals surface area (Å²) < 4.78 is 56.8. The Morgan fingerprint density at radius 1 is 0.461 bits per heavy atom. The van der Waals surface area contributed by atoms with Gasteiger partial charge >= 0.3 is 23.9 Å². The van der Waals surface area contributed by atoms with Crippen LogP contribution >= 0.6 is 0 Å². The van der Waals surface area contributed by atoms with Gasteiger partial charge in [-0.2, -0.15) is 16.4 Å². The van der Waals surface area contributed by atoms with Crippen molar-refractivity contribution < 1.29 is 170 Å². The second kappa shape index (κ2) is 41.9. The number of ether oxygens (including phenoxy) is 8. The molecule has 0 saturated carbocycles. The molecule has 4 heterocycles. The highest BCUT2D eigenvalue weighted by molar-refractivity contribution is 5.77. The molecule has 4 fully saturated rings. The molecule has 4 rings (SSSR count). The summed E-state index contributed by atoms with van der Waals surface area (Å²) in [4.78, 5) is 70.5. The normalized spacial score (nSPS) is 34.0. The predicted molar refractivity (Wildman–Crippen MR) is 347 cm³/mol. The number of hydrogen-bond acceptors (Lipinski definition) is 34. The van der Waals surface area contributed by atoms with Crippen LogP contribution in [0.1, 0.15) is 121 Å². The van der Waals surface area contributed by atoms with Gasteiger partial charge < -0.3 is 155 Å². The lowest BCUT2D eigenvalue weighted by atomic mass is 9.67. The van der Waals surface area contributed by atoms with Gasteiger partial charge in [-0.15, -0.1) is 0 Å². The highest BCUT2D eigenvalue weighted by Crippen LogP contribution is 2.45. The minimum Gasteiger partial charge on any atom is -0.477 e. The van der Waals surface area contributed by atoms with Crippen LogP contribution in [-0.4, -0.2) is 339 Å². The zero-order valence-corrected chi connectivity index (χ0v) is 59.4. The van der Waals surface area contributed by atoms with Crippen LogP contribution in [0.2, 0.25) is 0 Å². The minimum atomic E-state index is -2.90. The SMILES string of the molecule is [2H]CC(O)C(O)C1OC(OCCC(CCOC2(C(=O)O)CC(O)C(NOCC)C(C(O)C(O)CO)O2)C(CC(C)C(C(C)C)C(C)C)C(CCOC2(C(=O)O)CC(O)C(NOCC)C(C(O)C(O)CO)O2)CCOC2(C(=O)O)CC(O)C(NOCC)C(C(O)C(O)CO)O2)(C(=O)O)CC(O)C1NC. The molecule has 0 aromatic rings. The molecule has 0 radical (unpaired) electrons. The second-order valence-corrected chi connectivity index (χ2v) is 27.5. The van der Waals surface area contributed by atoms with E-state index in [0.717, 1.165) is 0 Å². The molecular weight excluding hydrogens is 1370 g/mol. The topological polar surface area (TPSA) is 602 Å². The zero-order valence-electron chi connectivity index (χ0n) is 60.4. The Labute approximate surface area is 593 Å². The number of rotatable bonds is 48. The van der Waals surface area contributed by atoms with Gasteiger partial charge in [0.05, 0.1) is 121 Å². The molecule has 4 aliphatic rings. The fraction of sp³-hybridized carbons (Fsp3) is 0.938. The van der Waals surface area contributed by atoms with E-state index in [9.17, 15) is 116 Å². The van der Waals surface area contributed by atoms with Crippen LogP contribution in [0.25, 0.3) is 0 Å². The number of aliphatic hydroxyl groups excluding tert-OH is 15. The van der Waals surface area contributed by atoms with E-state index in [1.165, 1.54) is 7.05 Å². The first-order valence-corrected chi connectivity index (χ1v) is 34.8. The highest BCUT2D eigenvalue weighted by atomic mass is 16.8. The van der Waals surface area contributed by atoms with Gasteiger partial charge in [0.2, 0.25) is 0 Å². The molecule has 598 valence electrons. The summed E-state index contributed by atoms with van der Waals surface area (Å²) in [5.41, 5.74) is 7.45. The molecule has 27 atom stereocenters. The molecule has 4 aliphatic heterocycles. The van der Waals surface area contributed by atoms with Gasteiger partial charge in [-0.05, 0) is 108 Å². The van der Waals surface area contributed by atoms with Gasteiger partial charge in [0.25, 0.3) is 23.1 Å². The van der Waals surface area contributed by atoms with Crippen LogP contribution in [-0.2, 0) is 71.6 Å². The van der Waals surface area contributed by atoms with Gasteiger partial charge in [0.1, 0.15) is 67.1 Å². The van der Waals surface area contributed by atoms with Crippen molar-refractivity contribution in [1.82, 2.24) is 21.8 Å². The molecule has 0 amide bonds. The van der Waals surface area contributed by atoms with E-state index in [-0.39, 0.29) is 75.6 Å². The van der Waals surface area contributed by atoms with Crippen LogP contribution in [0.4, 0.5) is 0 Å². The van der Waals surface area contributed by atoms with Crippen molar-refractivity contribution in [2.45, 2.75) is 265 Å². The monoisotopic (exact) mass is 1490 g/mol. The van der Waals surface area contributed by atoms with Crippen LogP contribution in [0.5, 0.6) is 0 Å². The summed E-state index contributed by atoms with van der Waals surface area (Å²) in [6.45, 7) is 7.57. The summed E-state index contributed by atoms with van der Waals surface area (Å²) in [7, 11) is 1.36. The fourth-order valence-corrected chi connectivity index (χ4v) is 14.8. The Morgan fingerprint density at radius 3 is 0.951 bits per heavy atom. The smallest absolute Gasteiger partial charge is 0.364 e. The average molecular weight is 1490 g/mol. The van der Waals surface area contributed by atoms with Crippen LogP contribution in [0, 0.1) is 41.4 Å². The number of nitrogens with one attached hydrogen (secondary N) is 4. The number of aliphatic hydroxyl groups is 15. The lowest BCUT2D eigenvalue weighted by molar-refractivity contribution is -0.320. The predicted octanol–water partition coefficient (Wildman–Crippen LogP) is -5.66. The van der Waals surface area contributed by atoms with Crippen LogP contribution in [0.15, 0.2) is 0 Å². The van der Waals surface area contributed by atoms with Gasteiger partial charge in [-0.1, -0.05) is 34.6 Å². The Bertz CT molecular complexity index is 2440. The number of hydrogen-bond donors (Lipinski definition) is 23. The second-order valence-electron chi connectivity index (χ2n) is 27.5. The molecule has 38 heteroatoms. The van der Waals surface area contributed by atoms with Crippen molar-refractivity contribution in [3.63, 3.8) is 0 Å². The number of carboxylic acid groups (broad SMARTS) is 4. The zero-order chi connectivity index (χ0) is 77.6. The summed E-state index contributed by atoms with van der Waals surface area (Å²) in [5.74, 6) is -22.7. The largest absolute Gasteiger partial charge is 0.477 e. The first-order valence-electron chi connectivity index (χ1n) is 35.5. The first kappa shape index (κ1) is 89.3. The van der Waals surface area contributed by atoms with Crippen molar-refractivity contribution >= 4 is 23.9 Å². The maximum absolute atomic E-state index is 13.7. The van der Waals surface area contributed by atoms with E-state index in [1.807, 2.05) is 34.6 Å². The number of carboxylic acids is 4. The maximum atomic E-state index is 13.7. The van der Waals surface area contributed by atoms with Gasteiger partial charge in [-0.25, -0.2) is 19.2 Å². The molecule has 0 bridgehead atoms. The Morgan fingerprint density at radius 2 is 0.725 bits per heavy atom. The van der Waals surface area contributed by atoms with Crippen molar-refractivity contribution in [3.8, 4) is 0 Å². The van der Waals surface area contributed by atoms with Crippen molar-refractivity contribution in [2.24, 2.45) is 41.4 Å². The third-order valence-electron chi connectivity index (χ3n) is 19.9. The van der Waals surface area contributed by atoms with Gasteiger partial charge in [0, 0.05) is 27.1 Å².